The van der Waals surface area contributed by atoms with Gasteiger partial charge < -0.3 is 5.32 Å². The maximum atomic E-state index is 4.65. The van der Waals surface area contributed by atoms with Crippen molar-refractivity contribution >= 4 is 21.7 Å². The van der Waals surface area contributed by atoms with Gasteiger partial charge in [-0.1, -0.05) is 25.1 Å². The van der Waals surface area contributed by atoms with Crippen LogP contribution in [0.25, 0.3) is 0 Å². The maximum absolute atomic E-state index is 4.65. The number of rotatable bonds is 4. The molecule has 0 saturated carbocycles. The summed E-state index contributed by atoms with van der Waals surface area (Å²) in [6.07, 6.45) is 1.65. The third-order valence-electron chi connectivity index (χ3n) is 3.47. The molecule has 0 fully saturated rings. The van der Waals surface area contributed by atoms with Gasteiger partial charge in [0.2, 0.25) is 0 Å². The van der Waals surface area contributed by atoms with E-state index >= 15 is 0 Å². The molecule has 1 aromatic heterocycles. The van der Waals surface area contributed by atoms with Crippen LogP contribution in [0.5, 0.6) is 0 Å². The smallest absolute Gasteiger partial charge is 0.144 e. The summed E-state index contributed by atoms with van der Waals surface area (Å²) < 4.78 is 0.964. The molecule has 1 aromatic carbocycles. The fourth-order valence-electron chi connectivity index (χ4n) is 2.12. The van der Waals surface area contributed by atoms with Gasteiger partial charge in [-0.05, 0) is 52.9 Å². The lowest BCUT2D eigenvalue weighted by Crippen LogP contribution is -2.06. The quantitative estimate of drug-likeness (QED) is 0.917. The van der Waals surface area contributed by atoms with Crippen LogP contribution < -0.4 is 5.32 Å². The Bertz CT molecular complexity index is 598. The van der Waals surface area contributed by atoms with Crippen molar-refractivity contribution in [1.82, 2.24) is 9.97 Å². The Hall–Kier alpha value is -1.42. The van der Waals surface area contributed by atoms with E-state index in [4.69, 9.17) is 0 Å². The van der Waals surface area contributed by atoms with Gasteiger partial charge in [0.15, 0.2) is 0 Å². The highest BCUT2D eigenvalue weighted by Gasteiger charge is 2.10. The Balaban J connectivity index is 2.35. The summed E-state index contributed by atoms with van der Waals surface area (Å²) in [6.45, 7) is 6.37. The van der Waals surface area contributed by atoms with Crippen LogP contribution in [0.15, 0.2) is 22.7 Å². The van der Waals surface area contributed by atoms with Crippen molar-refractivity contribution in [3.63, 3.8) is 0 Å². The molecule has 20 heavy (non-hydrogen) atoms. The number of halogens is 1. The molecule has 0 radical (unpaired) electrons. The molecule has 4 heteroatoms. The normalized spacial score (nSPS) is 10.7. The molecule has 0 bridgehead atoms. The summed E-state index contributed by atoms with van der Waals surface area (Å²) >= 11 is 3.55. The Kier molecular flexibility index (Phi) is 4.76. The first-order chi connectivity index (χ1) is 9.55. The van der Waals surface area contributed by atoms with Crippen LogP contribution in [0.3, 0.4) is 0 Å². The molecule has 2 aromatic rings. The van der Waals surface area contributed by atoms with Gasteiger partial charge in [-0.15, -0.1) is 0 Å². The van der Waals surface area contributed by atoms with Gasteiger partial charge in [0.25, 0.3) is 0 Å². The summed E-state index contributed by atoms with van der Waals surface area (Å²) in [7, 11) is 1.88. The molecule has 0 aliphatic rings. The minimum atomic E-state index is 0.760. The molecule has 1 N–H and O–H groups in total. The van der Waals surface area contributed by atoms with Crippen LogP contribution in [0.4, 0.5) is 5.82 Å². The van der Waals surface area contributed by atoms with Gasteiger partial charge in [-0.25, -0.2) is 9.97 Å². The Morgan fingerprint density at radius 2 is 1.90 bits per heavy atom. The van der Waals surface area contributed by atoms with Crippen molar-refractivity contribution in [2.24, 2.45) is 0 Å². The van der Waals surface area contributed by atoms with Crippen LogP contribution in [0.2, 0.25) is 0 Å². The first-order valence-corrected chi connectivity index (χ1v) is 7.63. The highest BCUT2D eigenvalue weighted by molar-refractivity contribution is 9.10. The van der Waals surface area contributed by atoms with E-state index in [-0.39, 0.29) is 0 Å². The molecule has 106 valence electrons. The number of nitrogens with zero attached hydrogens (tertiary/aromatic N) is 2. The molecule has 1 heterocycles. The van der Waals surface area contributed by atoms with Crippen LogP contribution >= 0.6 is 15.9 Å². The van der Waals surface area contributed by atoms with Crippen LogP contribution in [-0.4, -0.2) is 17.0 Å². The standard InChI is InChI=1S/C16H20BrN3/c1-5-13-15(17)16(18-4)20-14(19-13)9-12-7-6-10(2)11(3)8-12/h6-8H,5,9H2,1-4H3,(H,18,19,20). The van der Waals surface area contributed by atoms with E-state index in [0.29, 0.717) is 0 Å². The number of anilines is 1. The zero-order valence-electron chi connectivity index (χ0n) is 12.4. The molecule has 0 atom stereocenters. The van der Waals surface area contributed by atoms with E-state index in [2.05, 4.69) is 70.2 Å². The number of nitrogens with one attached hydrogen (secondary N) is 1. The predicted octanol–water partition coefficient (Wildman–Crippen LogP) is 4.05. The zero-order chi connectivity index (χ0) is 14.7. The molecular weight excluding hydrogens is 314 g/mol. The van der Waals surface area contributed by atoms with Crippen LogP contribution in [0.1, 0.15) is 35.1 Å². The van der Waals surface area contributed by atoms with Gasteiger partial charge in [0, 0.05) is 13.5 Å². The van der Waals surface area contributed by atoms with Crippen LogP contribution in [0, 0.1) is 13.8 Å². The van der Waals surface area contributed by atoms with Crippen LogP contribution in [-0.2, 0) is 12.8 Å². The van der Waals surface area contributed by atoms with E-state index in [1.165, 1.54) is 16.7 Å². The molecular formula is C16H20BrN3. The van der Waals surface area contributed by atoms with Crippen molar-refractivity contribution in [3.8, 4) is 0 Å². The van der Waals surface area contributed by atoms with E-state index < -0.39 is 0 Å². The SMILES string of the molecule is CCc1nc(Cc2ccc(C)c(C)c2)nc(NC)c1Br. The highest BCUT2D eigenvalue weighted by atomic mass is 79.9. The first kappa shape index (κ1) is 15.0. The minimum Gasteiger partial charge on any atom is -0.372 e. The summed E-state index contributed by atoms with van der Waals surface area (Å²) in [4.78, 5) is 9.23. The predicted molar refractivity (Wildman–Crippen MR) is 87.4 cm³/mol. The summed E-state index contributed by atoms with van der Waals surface area (Å²) in [6, 6.07) is 6.52. The van der Waals surface area contributed by atoms with E-state index in [0.717, 1.165) is 34.7 Å². The zero-order valence-corrected chi connectivity index (χ0v) is 14.0. The van der Waals surface area contributed by atoms with Crippen molar-refractivity contribution in [2.45, 2.75) is 33.6 Å². The summed E-state index contributed by atoms with van der Waals surface area (Å²) in [5, 5.41) is 3.12. The highest BCUT2D eigenvalue weighted by Crippen LogP contribution is 2.24. The van der Waals surface area contributed by atoms with E-state index in [1.807, 2.05) is 7.05 Å². The summed E-state index contributed by atoms with van der Waals surface area (Å²) in [5.41, 5.74) is 4.92. The van der Waals surface area contributed by atoms with Gasteiger partial charge in [-0.2, -0.15) is 0 Å². The molecule has 2 rings (SSSR count). The third-order valence-corrected chi connectivity index (χ3v) is 4.30. The summed E-state index contributed by atoms with van der Waals surface area (Å²) in [5.74, 6) is 1.72. The van der Waals surface area contributed by atoms with Crippen molar-refractivity contribution in [1.29, 1.82) is 0 Å². The number of benzene rings is 1. The second-order valence-electron chi connectivity index (χ2n) is 4.95. The number of aromatic nitrogens is 2. The first-order valence-electron chi connectivity index (χ1n) is 6.84. The lowest BCUT2D eigenvalue weighted by molar-refractivity contribution is 0.897. The number of hydrogen-bond donors (Lipinski definition) is 1. The fraction of sp³-hybridized carbons (Fsp3) is 0.375. The fourth-order valence-corrected chi connectivity index (χ4v) is 2.78. The van der Waals surface area contributed by atoms with Crippen molar-refractivity contribution in [3.05, 3.63) is 50.9 Å². The average Bonchev–Trinajstić information content (AvgIpc) is 2.44. The van der Waals surface area contributed by atoms with Gasteiger partial charge in [0.05, 0.1) is 10.2 Å². The monoisotopic (exact) mass is 333 g/mol. The Morgan fingerprint density at radius 3 is 2.50 bits per heavy atom. The van der Waals surface area contributed by atoms with Crippen molar-refractivity contribution < 1.29 is 0 Å². The van der Waals surface area contributed by atoms with Gasteiger partial charge >= 0.3 is 0 Å². The van der Waals surface area contributed by atoms with Gasteiger partial charge in [0.1, 0.15) is 11.6 Å². The Labute approximate surface area is 129 Å². The largest absolute Gasteiger partial charge is 0.372 e. The minimum absolute atomic E-state index is 0.760. The van der Waals surface area contributed by atoms with E-state index in [1.54, 1.807) is 0 Å². The lowest BCUT2D eigenvalue weighted by atomic mass is 10.0. The molecule has 0 spiro atoms. The van der Waals surface area contributed by atoms with Crippen molar-refractivity contribution in [2.75, 3.05) is 12.4 Å². The maximum Gasteiger partial charge on any atom is 0.144 e. The second-order valence-corrected chi connectivity index (χ2v) is 5.74. The molecule has 0 aliphatic carbocycles. The van der Waals surface area contributed by atoms with Gasteiger partial charge in [-0.3, -0.25) is 0 Å². The average molecular weight is 334 g/mol. The number of aryl methyl sites for hydroxylation is 3. The number of hydrogen-bond acceptors (Lipinski definition) is 3. The third kappa shape index (κ3) is 3.18. The molecule has 0 amide bonds. The Morgan fingerprint density at radius 1 is 1.15 bits per heavy atom. The molecule has 0 unspecified atom stereocenters. The van der Waals surface area contributed by atoms with E-state index in [9.17, 15) is 0 Å². The lowest BCUT2D eigenvalue weighted by Gasteiger charge is -2.10. The topological polar surface area (TPSA) is 37.8 Å². The second kappa shape index (κ2) is 6.35. The molecule has 0 aliphatic heterocycles. The molecule has 0 saturated heterocycles. The molecule has 3 nitrogen and oxygen atoms in total.